The van der Waals surface area contributed by atoms with Crippen LogP contribution in [0.15, 0.2) is 24.3 Å². The third kappa shape index (κ3) is 6.28. The lowest BCUT2D eigenvalue weighted by atomic mass is 10.3. The molecule has 0 saturated carbocycles. The molecule has 1 aliphatic rings. The molecule has 1 N–H and O–H groups in total. The van der Waals surface area contributed by atoms with Crippen molar-refractivity contribution in [3.05, 3.63) is 24.3 Å². The van der Waals surface area contributed by atoms with E-state index in [-0.39, 0.29) is 19.0 Å². The van der Waals surface area contributed by atoms with Crippen LogP contribution in [0.1, 0.15) is 12.8 Å². The van der Waals surface area contributed by atoms with E-state index in [0.717, 1.165) is 11.3 Å². The number of amides is 3. The number of likely N-dealkylation sites (tertiary alicyclic amines) is 1. The van der Waals surface area contributed by atoms with E-state index in [1.807, 2.05) is 0 Å². The molecule has 9 nitrogen and oxygen atoms in total. The minimum atomic E-state index is -0.646. The Hall–Kier alpha value is -3.10. The molecule has 1 saturated heterocycles. The first-order valence-electron chi connectivity index (χ1n) is 8.50. The number of carbonyl (C=O) groups is 4. The standard InChI is InChI=1S/C18H23N3O6/c1-20(10-15(22)19-13-5-3-6-14(9-13)26-2)17(24)12-27-18(25)11-21-8-4-7-16(21)23/h3,5-6,9H,4,7-8,10-12H2,1-2H3,(H,19,22). The van der Waals surface area contributed by atoms with Crippen LogP contribution in [-0.2, 0) is 23.9 Å². The van der Waals surface area contributed by atoms with E-state index >= 15 is 0 Å². The molecule has 1 fully saturated rings. The summed E-state index contributed by atoms with van der Waals surface area (Å²) in [5.74, 6) is -1.05. The lowest BCUT2D eigenvalue weighted by molar-refractivity contribution is -0.154. The molecule has 0 atom stereocenters. The second-order valence-electron chi connectivity index (χ2n) is 6.11. The third-order valence-electron chi connectivity index (χ3n) is 4.01. The van der Waals surface area contributed by atoms with Crippen LogP contribution in [0, 0.1) is 0 Å². The van der Waals surface area contributed by atoms with Crippen molar-refractivity contribution in [2.75, 3.05) is 45.7 Å². The Morgan fingerprint density at radius 3 is 2.74 bits per heavy atom. The van der Waals surface area contributed by atoms with Crippen LogP contribution >= 0.6 is 0 Å². The number of rotatable bonds is 8. The molecule has 1 aliphatic heterocycles. The molecule has 9 heteroatoms. The van der Waals surface area contributed by atoms with Gasteiger partial charge in [-0.2, -0.15) is 0 Å². The summed E-state index contributed by atoms with van der Waals surface area (Å²) in [7, 11) is 2.96. The number of likely N-dealkylation sites (N-methyl/N-ethyl adjacent to an activating group) is 1. The Labute approximate surface area is 157 Å². The normalized spacial score (nSPS) is 13.3. The molecule has 1 aromatic carbocycles. The molecule has 1 aromatic rings. The number of anilines is 1. The lowest BCUT2D eigenvalue weighted by Crippen LogP contribution is -2.38. The van der Waals surface area contributed by atoms with Crippen LogP contribution in [0.3, 0.4) is 0 Å². The highest BCUT2D eigenvalue weighted by atomic mass is 16.5. The van der Waals surface area contributed by atoms with Crippen molar-refractivity contribution in [2.24, 2.45) is 0 Å². The summed E-state index contributed by atoms with van der Waals surface area (Å²) >= 11 is 0. The largest absolute Gasteiger partial charge is 0.497 e. The van der Waals surface area contributed by atoms with Crippen molar-refractivity contribution in [1.82, 2.24) is 9.80 Å². The molecule has 1 heterocycles. The number of benzene rings is 1. The highest BCUT2D eigenvalue weighted by Crippen LogP contribution is 2.16. The summed E-state index contributed by atoms with van der Waals surface area (Å²) in [6.07, 6.45) is 1.15. The first-order chi connectivity index (χ1) is 12.9. The van der Waals surface area contributed by atoms with Gasteiger partial charge in [0.05, 0.1) is 13.7 Å². The first kappa shape index (κ1) is 20.2. The van der Waals surface area contributed by atoms with Crippen LogP contribution < -0.4 is 10.1 Å². The number of esters is 1. The van der Waals surface area contributed by atoms with E-state index in [1.165, 1.54) is 19.1 Å². The third-order valence-corrected chi connectivity index (χ3v) is 4.01. The number of nitrogens with one attached hydrogen (secondary N) is 1. The van der Waals surface area contributed by atoms with Crippen molar-refractivity contribution in [3.63, 3.8) is 0 Å². The molecule has 0 aliphatic carbocycles. The van der Waals surface area contributed by atoms with E-state index in [2.05, 4.69) is 5.32 Å². The van der Waals surface area contributed by atoms with E-state index in [9.17, 15) is 19.2 Å². The molecule has 0 bridgehead atoms. The van der Waals surface area contributed by atoms with E-state index in [0.29, 0.717) is 24.4 Å². The van der Waals surface area contributed by atoms with Gasteiger partial charge in [-0.15, -0.1) is 0 Å². The minimum absolute atomic E-state index is 0.0930. The van der Waals surface area contributed by atoms with Gasteiger partial charge in [-0.1, -0.05) is 6.07 Å². The molecule has 0 aromatic heterocycles. The average molecular weight is 377 g/mol. The number of hydrogen-bond donors (Lipinski definition) is 1. The Morgan fingerprint density at radius 1 is 1.30 bits per heavy atom. The minimum Gasteiger partial charge on any atom is -0.497 e. The van der Waals surface area contributed by atoms with Gasteiger partial charge in [-0.25, -0.2) is 0 Å². The van der Waals surface area contributed by atoms with Crippen LogP contribution in [0.5, 0.6) is 5.75 Å². The van der Waals surface area contributed by atoms with Crippen molar-refractivity contribution in [2.45, 2.75) is 12.8 Å². The van der Waals surface area contributed by atoms with Crippen LogP contribution in [-0.4, -0.2) is 73.9 Å². The van der Waals surface area contributed by atoms with Crippen LogP contribution in [0.2, 0.25) is 0 Å². The van der Waals surface area contributed by atoms with Crippen LogP contribution in [0.4, 0.5) is 5.69 Å². The Bertz CT molecular complexity index is 721. The van der Waals surface area contributed by atoms with Crippen LogP contribution in [0.25, 0.3) is 0 Å². The van der Waals surface area contributed by atoms with Gasteiger partial charge >= 0.3 is 5.97 Å². The molecule has 0 unspecified atom stereocenters. The summed E-state index contributed by atoms with van der Waals surface area (Å²) in [4.78, 5) is 49.8. The Morgan fingerprint density at radius 2 is 2.07 bits per heavy atom. The molecule has 3 amide bonds. The van der Waals surface area contributed by atoms with Gasteiger partial charge < -0.3 is 24.6 Å². The predicted molar refractivity (Wildman–Crippen MR) is 96.0 cm³/mol. The molecule has 0 spiro atoms. The fourth-order valence-electron chi connectivity index (χ4n) is 2.53. The van der Waals surface area contributed by atoms with Crippen molar-refractivity contribution in [3.8, 4) is 5.75 Å². The second-order valence-corrected chi connectivity index (χ2v) is 6.11. The molecule has 2 rings (SSSR count). The number of methoxy groups -OCH3 is 1. The molecule has 0 radical (unpaired) electrons. The van der Waals surface area contributed by atoms with Gasteiger partial charge in [-0.05, 0) is 18.6 Å². The SMILES string of the molecule is COc1cccc(NC(=O)CN(C)C(=O)COC(=O)CN2CCCC2=O)c1. The molecular formula is C18H23N3O6. The highest BCUT2D eigenvalue weighted by Gasteiger charge is 2.23. The number of ether oxygens (including phenoxy) is 2. The Balaban J connectivity index is 1.73. The maximum absolute atomic E-state index is 12.0. The van der Waals surface area contributed by atoms with Gasteiger partial charge in [0.1, 0.15) is 12.3 Å². The zero-order valence-corrected chi connectivity index (χ0v) is 15.4. The lowest BCUT2D eigenvalue weighted by Gasteiger charge is -2.18. The van der Waals surface area contributed by atoms with E-state index < -0.39 is 24.4 Å². The zero-order chi connectivity index (χ0) is 19.8. The van der Waals surface area contributed by atoms with Crippen molar-refractivity contribution < 1.29 is 28.7 Å². The fourth-order valence-corrected chi connectivity index (χ4v) is 2.53. The monoisotopic (exact) mass is 377 g/mol. The number of carbonyl (C=O) groups excluding carboxylic acids is 4. The summed E-state index contributed by atoms with van der Waals surface area (Å²) in [6, 6.07) is 6.83. The number of nitrogens with zero attached hydrogens (tertiary/aromatic N) is 2. The summed E-state index contributed by atoms with van der Waals surface area (Å²) in [6.45, 7) is -0.319. The van der Waals surface area contributed by atoms with Crippen molar-refractivity contribution >= 4 is 29.4 Å². The van der Waals surface area contributed by atoms with Gasteiger partial charge in [-0.3, -0.25) is 19.2 Å². The molecule has 146 valence electrons. The zero-order valence-electron chi connectivity index (χ0n) is 15.4. The average Bonchev–Trinajstić information content (AvgIpc) is 3.04. The number of hydrogen-bond acceptors (Lipinski definition) is 6. The topological polar surface area (TPSA) is 105 Å². The fraction of sp³-hybridized carbons (Fsp3) is 0.444. The maximum Gasteiger partial charge on any atom is 0.326 e. The maximum atomic E-state index is 12.0. The molecular weight excluding hydrogens is 354 g/mol. The highest BCUT2D eigenvalue weighted by molar-refractivity contribution is 5.95. The summed E-state index contributed by atoms with van der Waals surface area (Å²) < 4.78 is 9.97. The van der Waals surface area contributed by atoms with Crippen molar-refractivity contribution in [1.29, 1.82) is 0 Å². The first-order valence-corrected chi connectivity index (χ1v) is 8.50. The predicted octanol–water partition coefficient (Wildman–Crippen LogP) is 0.258. The molecule has 27 heavy (non-hydrogen) atoms. The smallest absolute Gasteiger partial charge is 0.326 e. The van der Waals surface area contributed by atoms with E-state index in [4.69, 9.17) is 9.47 Å². The summed E-state index contributed by atoms with van der Waals surface area (Å²) in [5, 5.41) is 2.66. The quantitative estimate of drug-likeness (QED) is 0.652. The van der Waals surface area contributed by atoms with Gasteiger partial charge in [0.15, 0.2) is 6.61 Å². The van der Waals surface area contributed by atoms with E-state index in [1.54, 1.807) is 24.3 Å². The van der Waals surface area contributed by atoms with Gasteiger partial charge in [0.2, 0.25) is 11.8 Å². The second kappa shape index (κ2) is 9.56. The van der Waals surface area contributed by atoms with Gasteiger partial charge in [0.25, 0.3) is 5.91 Å². The summed E-state index contributed by atoms with van der Waals surface area (Å²) in [5.41, 5.74) is 0.543. The van der Waals surface area contributed by atoms with Gasteiger partial charge in [0, 0.05) is 31.8 Å². The Kier molecular flexibility index (Phi) is 7.16.